The zero-order valence-corrected chi connectivity index (χ0v) is 9.76. The Morgan fingerprint density at radius 3 is 2.05 bits per heavy atom. The van der Waals surface area contributed by atoms with Gasteiger partial charge in [0, 0.05) is 0 Å². The van der Waals surface area contributed by atoms with E-state index in [4.69, 9.17) is 0 Å². The molecule has 1 aliphatic heterocycles. The molecule has 6 nitrogen and oxygen atoms in total. The third-order valence-electron chi connectivity index (χ3n) is 3.40. The molecule has 0 aliphatic carbocycles. The van der Waals surface area contributed by atoms with Crippen molar-refractivity contribution in [3.8, 4) is 0 Å². The van der Waals surface area contributed by atoms with Gasteiger partial charge < -0.3 is 9.15 Å². The summed E-state index contributed by atoms with van der Waals surface area (Å²) in [6.45, 7) is 0. The van der Waals surface area contributed by atoms with Gasteiger partial charge in [0.1, 0.15) is 0 Å². The van der Waals surface area contributed by atoms with Crippen LogP contribution in [0.1, 0.15) is 20.7 Å². The Morgan fingerprint density at radius 1 is 0.700 bits per heavy atom. The molecule has 0 unspecified atom stereocenters. The summed E-state index contributed by atoms with van der Waals surface area (Å²) < 4.78 is 9.22. The molecule has 96 valence electrons. The maximum Gasteiger partial charge on any atom is 0.347 e. The zero-order valence-electron chi connectivity index (χ0n) is 9.76. The molecule has 1 aromatic heterocycles. The average Bonchev–Trinajstić information content (AvgIpc) is 2.66. The molecule has 3 aromatic rings. The minimum absolute atomic E-state index is 0.0102. The van der Waals surface area contributed by atoms with Gasteiger partial charge in [0.2, 0.25) is 0 Å². The van der Waals surface area contributed by atoms with Crippen molar-refractivity contribution >= 4 is 33.5 Å². The van der Waals surface area contributed by atoms with Crippen LogP contribution in [0.4, 0.5) is 0 Å². The highest BCUT2D eigenvalue weighted by Gasteiger charge is 2.35. The highest BCUT2D eigenvalue weighted by Crippen LogP contribution is 2.32. The van der Waals surface area contributed by atoms with Gasteiger partial charge in [-0.15, -0.1) is 0 Å². The van der Waals surface area contributed by atoms with Gasteiger partial charge >= 0.3 is 23.2 Å². The molecule has 4 rings (SSSR count). The lowest BCUT2D eigenvalue weighted by Crippen LogP contribution is -2.07. The van der Waals surface area contributed by atoms with Crippen LogP contribution in [0.3, 0.4) is 0 Å². The monoisotopic (exact) mass is 268 g/mol. The maximum atomic E-state index is 11.9. The topological polar surface area (TPSA) is 90.7 Å². The molecule has 1 aliphatic rings. The number of carbonyl (C=O) groups is 2. The number of benzene rings is 2. The first kappa shape index (κ1) is 10.9. The molecule has 0 saturated carbocycles. The highest BCUT2D eigenvalue weighted by molar-refractivity contribution is 6.26. The van der Waals surface area contributed by atoms with Gasteiger partial charge in [0.25, 0.3) is 0 Å². The summed E-state index contributed by atoms with van der Waals surface area (Å²) in [5.41, 5.74) is -1.90. The summed E-state index contributed by atoms with van der Waals surface area (Å²) in [6.07, 6.45) is 0. The third-order valence-corrected chi connectivity index (χ3v) is 3.40. The largest absolute Gasteiger partial charge is 0.386 e. The van der Waals surface area contributed by atoms with Crippen LogP contribution >= 0.6 is 0 Å². The van der Waals surface area contributed by atoms with E-state index in [1.807, 2.05) is 0 Å². The van der Waals surface area contributed by atoms with Gasteiger partial charge in [-0.05, 0) is 22.9 Å². The number of hydrogen-bond acceptors (Lipinski definition) is 6. The Kier molecular flexibility index (Phi) is 1.79. The molecular formula is C14H4O6. The predicted octanol–water partition coefficient (Wildman–Crippen LogP) is 1.05. The van der Waals surface area contributed by atoms with E-state index in [1.165, 1.54) is 12.1 Å². The Morgan fingerprint density at radius 2 is 1.30 bits per heavy atom. The zero-order chi connectivity index (χ0) is 14.0. The molecule has 2 heterocycles. The Bertz CT molecular complexity index is 1040. The van der Waals surface area contributed by atoms with Gasteiger partial charge in [-0.25, -0.2) is 19.2 Å². The van der Waals surface area contributed by atoms with Crippen LogP contribution in [0.2, 0.25) is 0 Å². The van der Waals surface area contributed by atoms with E-state index in [9.17, 15) is 19.2 Å². The molecule has 2 bridgehead atoms. The molecule has 0 radical (unpaired) electrons. The summed E-state index contributed by atoms with van der Waals surface area (Å²) in [4.78, 5) is 47.2. The molecule has 0 fully saturated rings. The SMILES string of the molecule is O=C1OC(=O)c2c1c1cc3c2cccc3c(=O)oc1=O. The number of ether oxygens (including phenoxy) is 1. The van der Waals surface area contributed by atoms with Crippen molar-refractivity contribution in [3.63, 3.8) is 0 Å². The fraction of sp³-hybridized carbons (Fsp3) is 0. The average molecular weight is 268 g/mol. The number of fused-ring (bicyclic) bond motifs is 4. The van der Waals surface area contributed by atoms with Crippen LogP contribution in [0.5, 0.6) is 0 Å². The van der Waals surface area contributed by atoms with Crippen molar-refractivity contribution < 1.29 is 18.7 Å². The van der Waals surface area contributed by atoms with Gasteiger partial charge in [0.15, 0.2) is 0 Å². The van der Waals surface area contributed by atoms with Crippen molar-refractivity contribution in [3.05, 3.63) is 56.2 Å². The van der Waals surface area contributed by atoms with Crippen molar-refractivity contribution in [2.75, 3.05) is 0 Å². The number of rotatable bonds is 0. The minimum Gasteiger partial charge on any atom is -0.386 e. The van der Waals surface area contributed by atoms with Crippen molar-refractivity contribution in [2.45, 2.75) is 0 Å². The van der Waals surface area contributed by atoms with Crippen LogP contribution in [0.25, 0.3) is 21.5 Å². The quantitative estimate of drug-likeness (QED) is 0.447. The van der Waals surface area contributed by atoms with Gasteiger partial charge in [0.05, 0.1) is 21.9 Å². The first-order valence-electron chi connectivity index (χ1n) is 5.70. The van der Waals surface area contributed by atoms with Crippen molar-refractivity contribution in [2.24, 2.45) is 0 Å². The fourth-order valence-electron chi connectivity index (χ4n) is 2.57. The minimum atomic E-state index is -0.962. The van der Waals surface area contributed by atoms with Gasteiger partial charge in [-0.3, -0.25) is 0 Å². The molecule has 6 heteroatoms. The van der Waals surface area contributed by atoms with Gasteiger partial charge in [-0.1, -0.05) is 12.1 Å². The van der Waals surface area contributed by atoms with E-state index >= 15 is 0 Å². The summed E-state index contributed by atoms with van der Waals surface area (Å²) in [6, 6.07) is 6.01. The lowest BCUT2D eigenvalue weighted by Gasteiger charge is -2.01. The van der Waals surface area contributed by atoms with E-state index in [1.54, 1.807) is 12.1 Å². The van der Waals surface area contributed by atoms with Crippen LogP contribution in [-0.2, 0) is 4.74 Å². The lowest BCUT2D eigenvalue weighted by atomic mass is 9.96. The molecule has 20 heavy (non-hydrogen) atoms. The summed E-state index contributed by atoms with van der Waals surface area (Å²) >= 11 is 0. The highest BCUT2D eigenvalue weighted by atomic mass is 16.6. The van der Waals surface area contributed by atoms with Crippen LogP contribution < -0.4 is 11.3 Å². The molecule has 0 atom stereocenters. The number of cyclic esters (lactones) is 2. The first-order chi connectivity index (χ1) is 9.58. The normalized spacial score (nSPS) is 14.0. The number of esters is 2. The van der Waals surface area contributed by atoms with Crippen LogP contribution in [0.15, 0.2) is 38.3 Å². The Labute approximate surface area is 109 Å². The standard InChI is InChI=1S/C14H4O6/c15-11-6-3-1-2-5-7(6)4-8(12(16)19-11)10-9(5)13(17)20-14(10)18/h1-4H. The lowest BCUT2D eigenvalue weighted by molar-refractivity contribution is 0.0445. The van der Waals surface area contributed by atoms with E-state index < -0.39 is 23.2 Å². The van der Waals surface area contributed by atoms with Gasteiger partial charge in [-0.2, -0.15) is 0 Å². The van der Waals surface area contributed by atoms with E-state index in [2.05, 4.69) is 9.15 Å². The number of carbonyl (C=O) groups excluding carboxylic acids is 2. The smallest absolute Gasteiger partial charge is 0.347 e. The Balaban J connectivity index is 2.50. The Hall–Kier alpha value is -3.02. The van der Waals surface area contributed by atoms with Crippen molar-refractivity contribution in [1.82, 2.24) is 0 Å². The summed E-state index contributed by atoms with van der Waals surface area (Å²) in [5.74, 6) is -1.73. The molecule has 2 aromatic carbocycles. The maximum absolute atomic E-state index is 11.9. The molecule has 0 saturated heterocycles. The molecule has 0 spiro atoms. The molecular weight excluding hydrogens is 264 g/mol. The molecule has 0 N–H and O–H groups in total. The second-order valence-electron chi connectivity index (χ2n) is 4.43. The predicted molar refractivity (Wildman–Crippen MR) is 67.2 cm³/mol. The van der Waals surface area contributed by atoms with Crippen LogP contribution in [0, 0.1) is 0 Å². The summed E-state index contributed by atoms with van der Waals surface area (Å²) in [7, 11) is 0. The van der Waals surface area contributed by atoms with E-state index in [0.717, 1.165) is 0 Å². The second kappa shape index (κ2) is 3.30. The summed E-state index contributed by atoms with van der Waals surface area (Å²) in [5, 5.41) is 0.832. The number of hydrogen-bond donors (Lipinski definition) is 0. The van der Waals surface area contributed by atoms with E-state index in [-0.39, 0.29) is 21.9 Å². The van der Waals surface area contributed by atoms with E-state index in [0.29, 0.717) is 10.8 Å². The fourth-order valence-corrected chi connectivity index (χ4v) is 2.57. The van der Waals surface area contributed by atoms with Crippen molar-refractivity contribution in [1.29, 1.82) is 0 Å². The third kappa shape index (κ3) is 1.13. The molecule has 0 amide bonds. The van der Waals surface area contributed by atoms with Crippen LogP contribution in [-0.4, -0.2) is 11.9 Å². The first-order valence-corrected chi connectivity index (χ1v) is 5.70. The second-order valence-corrected chi connectivity index (χ2v) is 4.43.